The number of amides is 5. The van der Waals surface area contributed by atoms with E-state index in [1.807, 2.05) is 68.4 Å². The third-order valence-corrected chi connectivity index (χ3v) is 7.96. The smallest absolute Gasteiger partial charge is 0.245 e. The van der Waals surface area contributed by atoms with Crippen LogP contribution in [0, 0.1) is 11.8 Å². The van der Waals surface area contributed by atoms with Crippen LogP contribution in [0.3, 0.4) is 0 Å². The van der Waals surface area contributed by atoms with Crippen LogP contribution in [0.15, 0.2) is 54.6 Å². The van der Waals surface area contributed by atoms with Gasteiger partial charge in [0, 0.05) is 19.4 Å². The maximum Gasteiger partial charge on any atom is 0.245 e. The van der Waals surface area contributed by atoms with Crippen LogP contribution in [0.4, 0.5) is 0 Å². The molecule has 2 rings (SSSR count). The van der Waals surface area contributed by atoms with Gasteiger partial charge >= 0.3 is 0 Å². The SMILES string of the molecule is CC(C)C[C@@H](NC(=O)[C@H](C)N(C)C(=O)C(CCC(N)=O)NC(=O)C(C)Cc1ccc(-c2ccccc2)cc1)C(=O)N[C@H](C=O)CCN. The molecule has 256 valence electrons. The van der Waals surface area contributed by atoms with Crippen molar-refractivity contribution in [3.8, 4) is 11.1 Å². The van der Waals surface area contributed by atoms with Gasteiger partial charge < -0.3 is 37.1 Å². The van der Waals surface area contributed by atoms with E-state index in [0.717, 1.165) is 16.7 Å². The standard InChI is InChI=1S/C35H50N6O6/c1-22(2)19-30(34(46)38-28(21-42)17-18-36)40-33(45)24(4)41(5)35(47)29(15-16-31(37)43)39-32(44)23(3)20-25-11-13-27(14-12-25)26-9-7-6-8-10-26/h6-14,21-24,28-30H,15-20,36H2,1-5H3,(H2,37,43)(H,38,46)(H,39,44)(H,40,45)/t23?,24-,28-,29?,30+/m0/s1. The molecule has 7 N–H and O–H groups in total. The fourth-order valence-corrected chi connectivity index (χ4v) is 5.01. The molecule has 5 amide bonds. The first-order valence-corrected chi connectivity index (χ1v) is 16.0. The summed E-state index contributed by atoms with van der Waals surface area (Å²) >= 11 is 0. The van der Waals surface area contributed by atoms with Gasteiger partial charge in [-0.1, -0.05) is 75.4 Å². The fourth-order valence-electron chi connectivity index (χ4n) is 5.01. The van der Waals surface area contributed by atoms with Gasteiger partial charge in [0.15, 0.2) is 0 Å². The number of aldehydes is 1. The Morgan fingerprint density at radius 1 is 0.787 bits per heavy atom. The van der Waals surface area contributed by atoms with E-state index in [0.29, 0.717) is 19.1 Å². The Bertz CT molecular complexity index is 1350. The Kier molecular flexibility index (Phi) is 15.7. The third-order valence-electron chi connectivity index (χ3n) is 7.96. The quantitative estimate of drug-likeness (QED) is 0.143. The first kappa shape index (κ1) is 38.6. The van der Waals surface area contributed by atoms with E-state index >= 15 is 0 Å². The summed E-state index contributed by atoms with van der Waals surface area (Å²) in [5, 5.41) is 8.04. The van der Waals surface area contributed by atoms with Crippen molar-refractivity contribution in [1.82, 2.24) is 20.9 Å². The maximum absolute atomic E-state index is 13.6. The van der Waals surface area contributed by atoms with E-state index < -0.39 is 53.7 Å². The highest BCUT2D eigenvalue weighted by Crippen LogP contribution is 2.20. The molecule has 0 bridgehead atoms. The van der Waals surface area contributed by atoms with Gasteiger partial charge in [-0.15, -0.1) is 0 Å². The minimum absolute atomic E-state index is 0.0297. The monoisotopic (exact) mass is 650 g/mol. The van der Waals surface area contributed by atoms with Gasteiger partial charge in [-0.05, 0) is 61.8 Å². The minimum atomic E-state index is -1.11. The minimum Gasteiger partial charge on any atom is -0.370 e. The second-order valence-electron chi connectivity index (χ2n) is 12.4. The van der Waals surface area contributed by atoms with E-state index in [-0.39, 0.29) is 37.6 Å². The molecule has 47 heavy (non-hydrogen) atoms. The van der Waals surface area contributed by atoms with Crippen molar-refractivity contribution in [3.63, 3.8) is 0 Å². The number of nitrogens with zero attached hydrogens (tertiary/aromatic N) is 1. The number of rotatable bonds is 19. The summed E-state index contributed by atoms with van der Waals surface area (Å²) in [6.45, 7) is 7.21. The number of likely N-dealkylation sites (N-methyl/N-ethyl adjacent to an activating group) is 1. The van der Waals surface area contributed by atoms with Crippen LogP contribution in [0.1, 0.15) is 58.9 Å². The molecule has 0 saturated heterocycles. The predicted molar refractivity (Wildman–Crippen MR) is 180 cm³/mol. The molecular weight excluding hydrogens is 600 g/mol. The van der Waals surface area contributed by atoms with Crippen molar-refractivity contribution in [2.75, 3.05) is 13.6 Å². The Labute approximate surface area is 277 Å². The lowest BCUT2D eigenvalue weighted by molar-refractivity contribution is -0.142. The molecular formula is C35H50N6O6. The molecule has 0 aliphatic heterocycles. The largest absolute Gasteiger partial charge is 0.370 e. The van der Waals surface area contributed by atoms with Gasteiger partial charge in [0.2, 0.25) is 29.5 Å². The number of benzene rings is 2. The molecule has 0 spiro atoms. The molecule has 2 aromatic carbocycles. The molecule has 0 aliphatic carbocycles. The Morgan fingerprint density at radius 2 is 1.38 bits per heavy atom. The van der Waals surface area contributed by atoms with E-state index in [2.05, 4.69) is 16.0 Å². The fraction of sp³-hybridized carbons (Fsp3) is 0.486. The average molecular weight is 651 g/mol. The van der Waals surface area contributed by atoms with Crippen LogP contribution < -0.4 is 27.4 Å². The number of nitrogens with one attached hydrogen (secondary N) is 3. The van der Waals surface area contributed by atoms with Crippen molar-refractivity contribution < 1.29 is 28.8 Å². The number of nitrogens with two attached hydrogens (primary N) is 2. The van der Waals surface area contributed by atoms with Crippen LogP contribution in [0.5, 0.6) is 0 Å². The zero-order chi connectivity index (χ0) is 35.1. The molecule has 12 nitrogen and oxygen atoms in total. The van der Waals surface area contributed by atoms with Crippen molar-refractivity contribution in [3.05, 3.63) is 60.2 Å². The summed E-state index contributed by atoms with van der Waals surface area (Å²) < 4.78 is 0. The van der Waals surface area contributed by atoms with Crippen molar-refractivity contribution in [2.24, 2.45) is 23.3 Å². The van der Waals surface area contributed by atoms with E-state index in [1.54, 1.807) is 6.92 Å². The second kappa shape index (κ2) is 19.2. The summed E-state index contributed by atoms with van der Waals surface area (Å²) in [5.74, 6) is -3.22. The number of carbonyl (C=O) groups excluding carboxylic acids is 6. The molecule has 0 aromatic heterocycles. The summed E-state index contributed by atoms with van der Waals surface area (Å²) in [7, 11) is 1.41. The first-order chi connectivity index (χ1) is 22.3. The van der Waals surface area contributed by atoms with Crippen molar-refractivity contribution >= 4 is 35.8 Å². The molecule has 2 aromatic rings. The lowest BCUT2D eigenvalue weighted by Crippen LogP contribution is -2.57. The molecule has 0 radical (unpaired) electrons. The van der Waals surface area contributed by atoms with Crippen LogP contribution in [-0.4, -0.2) is 78.5 Å². The molecule has 2 unspecified atom stereocenters. The normalized spacial score (nSPS) is 14.2. The maximum atomic E-state index is 13.6. The van der Waals surface area contributed by atoms with E-state index in [1.165, 1.54) is 18.9 Å². The van der Waals surface area contributed by atoms with Gasteiger partial charge in [-0.2, -0.15) is 0 Å². The van der Waals surface area contributed by atoms with Crippen LogP contribution in [0.25, 0.3) is 11.1 Å². The molecule has 5 atom stereocenters. The van der Waals surface area contributed by atoms with Gasteiger partial charge in [-0.25, -0.2) is 0 Å². The van der Waals surface area contributed by atoms with Gasteiger partial charge in [0.1, 0.15) is 24.4 Å². The number of carbonyl (C=O) groups is 6. The molecule has 0 fully saturated rings. The molecule has 0 heterocycles. The molecule has 0 aliphatic rings. The van der Waals surface area contributed by atoms with Crippen molar-refractivity contribution in [2.45, 2.75) is 84.0 Å². The van der Waals surface area contributed by atoms with Gasteiger partial charge in [0.25, 0.3) is 0 Å². The van der Waals surface area contributed by atoms with E-state index in [9.17, 15) is 28.8 Å². The zero-order valence-corrected chi connectivity index (χ0v) is 28.0. The molecule has 12 heteroatoms. The highest BCUT2D eigenvalue weighted by Gasteiger charge is 2.33. The predicted octanol–water partition coefficient (Wildman–Crippen LogP) is 1.69. The number of hydrogen-bond donors (Lipinski definition) is 5. The topological polar surface area (TPSA) is 194 Å². The summed E-state index contributed by atoms with van der Waals surface area (Å²) in [6.07, 6.45) is 1.35. The van der Waals surface area contributed by atoms with Crippen LogP contribution >= 0.6 is 0 Å². The van der Waals surface area contributed by atoms with Crippen LogP contribution in [-0.2, 0) is 35.2 Å². The summed E-state index contributed by atoms with van der Waals surface area (Å²) in [5.41, 5.74) is 13.9. The lowest BCUT2D eigenvalue weighted by atomic mass is 9.97. The Balaban J connectivity index is 2.10. The van der Waals surface area contributed by atoms with Gasteiger partial charge in [-0.3, -0.25) is 24.0 Å². The van der Waals surface area contributed by atoms with Crippen LogP contribution in [0.2, 0.25) is 0 Å². The van der Waals surface area contributed by atoms with Gasteiger partial charge in [0.05, 0.1) is 6.04 Å². The summed E-state index contributed by atoms with van der Waals surface area (Å²) in [6, 6.07) is 13.9. The number of hydrogen-bond acceptors (Lipinski definition) is 7. The first-order valence-electron chi connectivity index (χ1n) is 16.0. The number of primary amides is 1. The third kappa shape index (κ3) is 12.6. The van der Waals surface area contributed by atoms with E-state index in [4.69, 9.17) is 11.5 Å². The Hall–Kier alpha value is -4.58. The zero-order valence-electron chi connectivity index (χ0n) is 28.0. The second-order valence-corrected chi connectivity index (χ2v) is 12.4. The molecule has 0 saturated carbocycles. The average Bonchev–Trinajstić information content (AvgIpc) is 3.05. The lowest BCUT2D eigenvalue weighted by Gasteiger charge is -2.30. The van der Waals surface area contributed by atoms with Crippen molar-refractivity contribution in [1.29, 1.82) is 0 Å². The highest BCUT2D eigenvalue weighted by molar-refractivity contribution is 5.94. The Morgan fingerprint density at radius 3 is 1.94 bits per heavy atom. The summed E-state index contributed by atoms with van der Waals surface area (Å²) in [4.78, 5) is 77.2. The highest BCUT2D eigenvalue weighted by atomic mass is 16.2.